The van der Waals surface area contributed by atoms with Gasteiger partial charge in [0.15, 0.2) is 5.75 Å². The Labute approximate surface area is 195 Å². The minimum atomic E-state index is -4.57. The van der Waals surface area contributed by atoms with E-state index in [0.717, 1.165) is 11.6 Å². The van der Waals surface area contributed by atoms with Crippen molar-refractivity contribution in [2.24, 2.45) is 5.92 Å². The van der Waals surface area contributed by atoms with Gasteiger partial charge >= 0.3 is 6.18 Å². The average Bonchev–Trinajstić information content (AvgIpc) is 2.85. The van der Waals surface area contributed by atoms with E-state index >= 15 is 0 Å². The molecule has 2 aromatic carbocycles. The van der Waals surface area contributed by atoms with E-state index in [1.54, 1.807) is 36.2 Å². The molecule has 0 unspecified atom stereocenters. The van der Waals surface area contributed by atoms with Gasteiger partial charge < -0.3 is 15.1 Å². The number of benzene rings is 2. The Kier molecular flexibility index (Phi) is 6.92. The predicted molar refractivity (Wildman–Crippen MR) is 120 cm³/mol. The van der Waals surface area contributed by atoms with E-state index < -0.39 is 11.7 Å². The van der Waals surface area contributed by atoms with Crippen LogP contribution in [0.1, 0.15) is 29.5 Å². The number of carbonyl (C=O) groups is 2. The molecule has 0 bridgehead atoms. The van der Waals surface area contributed by atoms with Crippen molar-refractivity contribution < 1.29 is 32.5 Å². The molecule has 0 spiro atoms. The molecule has 0 atom stereocenters. The average molecular weight is 474 g/mol. The van der Waals surface area contributed by atoms with Crippen molar-refractivity contribution in [3.8, 4) is 16.9 Å². The first-order valence-corrected chi connectivity index (χ1v) is 11.1. The lowest BCUT2D eigenvalue weighted by Gasteiger charge is -2.30. The highest BCUT2D eigenvalue weighted by Gasteiger charge is 2.34. The molecule has 2 aromatic rings. The number of nitrogens with one attached hydrogen (secondary N) is 1. The topological polar surface area (TPSA) is 67.9 Å². The number of piperidine rings is 1. The summed E-state index contributed by atoms with van der Waals surface area (Å²) in [5.41, 5.74) is 0.658. The van der Waals surface area contributed by atoms with E-state index in [2.05, 4.69) is 5.32 Å². The van der Waals surface area contributed by atoms with Gasteiger partial charge in [0.2, 0.25) is 11.8 Å². The second-order valence-corrected chi connectivity index (χ2v) is 8.29. The lowest BCUT2D eigenvalue weighted by atomic mass is 9.91. The van der Waals surface area contributed by atoms with Crippen LogP contribution in [0.3, 0.4) is 0 Å². The Balaban J connectivity index is 1.62. The summed E-state index contributed by atoms with van der Waals surface area (Å²) < 4.78 is 41.7. The van der Waals surface area contributed by atoms with Crippen molar-refractivity contribution in [3.05, 3.63) is 59.2 Å². The highest BCUT2D eigenvalue weighted by atomic mass is 19.4. The summed E-state index contributed by atoms with van der Waals surface area (Å²) in [7, 11) is 1.58. The number of halogens is 3. The molecule has 4 rings (SSSR count). The monoisotopic (exact) mass is 474 g/mol. The molecule has 0 aliphatic carbocycles. The quantitative estimate of drug-likeness (QED) is 0.532. The third kappa shape index (κ3) is 5.09. The smallest absolute Gasteiger partial charge is 0.359 e. The summed E-state index contributed by atoms with van der Waals surface area (Å²) in [5.74, 6) is 0.00590. The van der Waals surface area contributed by atoms with E-state index in [4.69, 9.17) is 9.78 Å². The maximum atomic E-state index is 13.9. The molecule has 9 heteroatoms. The lowest BCUT2D eigenvalue weighted by Crippen LogP contribution is -2.41. The summed E-state index contributed by atoms with van der Waals surface area (Å²) >= 11 is 0. The highest BCUT2D eigenvalue weighted by molar-refractivity contribution is 5.94. The fourth-order valence-electron chi connectivity index (χ4n) is 4.37. The standard InChI is InChI=1S/C25H25F3N2O4/c1-29-24(32)17-9-12-30(13-10-17)22(31)8-6-16-3-2-4-20(25(26,27)28)23(16)19-5-7-21-18(15-19)11-14-33-34-21/h2-8,15,17H,9-14H2,1H3,(H,29,32)/b8-6+. The molecule has 2 amide bonds. The van der Waals surface area contributed by atoms with E-state index in [0.29, 0.717) is 50.3 Å². The molecular formula is C25H25F3N2O4. The lowest BCUT2D eigenvalue weighted by molar-refractivity contribution is -0.215. The maximum Gasteiger partial charge on any atom is 0.417 e. The Morgan fingerprint density at radius 1 is 1.15 bits per heavy atom. The zero-order chi connectivity index (χ0) is 24.3. The number of amides is 2. The predicted octanol–water partition coefficient (Wildman–Crippen LogP) is 4.24. The SMILES string of the molecule is CNC(=O)C1CCN(C(=O)/C=C/c2cccc(C(F)(F)F)c2-c2ccc3c(c2)CCOO3)CC1. The maximum absolute atomic E-state index is 13.9. The molecule has 2 heterocycles. The summed E-state index contributed by atoms with van der Waals surface area (Å²) in [6.07, 6.45) is -0.219. The Hall–Kier alpha value is -3.33. The van der Waals surface area contributed by atoms with Crippen molar-refractivity contribution in [2.75, 3.05) is 26.7 Å². The van der Waals surface area contributed by atoms with Crippen molar-refractivity contribution in [2.45, 2.75) is 25.4 Å². The van der Waals surface area contributed by atoms with Crippen molar-refractivity contribution in [1.29, 1.82) is 0 Å². The zero-order valence-corrected chi connectivity index (χ0v) is 18.7. The Bertz CT molecular complexity index is 1110. The number of nitrogens with zero attached hydrogens (tertiary/aromatic N) is 1. The largest absolute Gasteiger partial charge is 0.417 e. The Morgan fingerprint density at radius 3 is 2.62 bits per heavy atom. The summed E-state index contributed by atoms with van der Waals surface area (Å²) in [6, 6.07) is 8.75. The van der Waals surface area contributed by atoms with Gasteiger partial charge in [-0.25, -0.2) is 0 Å². The molecule has 2 aliphatic heterocycles. The third-order valence-electron chi connectivity index (χ3n) is 6.18. The summed E-state index contributed by atoms with van der Waals surface area (Å²) in [4.78, 5) is 36.2. The van der Waals surface area contributed by atoms with Crippen LogP contribution in [0.5, 0.6) is 5.75 Å². The van der Waals surface area contributed by atoms with Gasteiger partial charge in [0, 0.05) is 49.7 Å². The van der Waals surface area contributed by atoms with E-state index in [9.17, 15) is 22.8 Å². The van der Waals surface area contributed by atoms with Crippen molar-refractivity contribution in [3.63, 3.8) is 0 Å². The molecule has 180 valence electrons. The van der Waals surface area contributed by atoms with Crippen LogP contribution >= 0.6 is 0 Å². The number of fused-ring (bicyclic) bond motifs is 1. The summed E-state index contributed by atoms with van der Waals surface area (Å²) in [5, 5.41) is 2.62. The molecule has 1 saturated heterocycles. The Morgan fingerprint density at radius 2 is 1.91 bits per heavy atom. The molecule has 34 heavy (non-hydrogen) atoms. The number of alkyl halides is 3. The fourth-order valence-corrected chi connectivity index (χ4v) is 4.37. The van der Waals surface area contributed by atoms with Crippen molar-refractivity contribution >= 4 is 17.9 Å². The molecule has 1 N–H and O–H groups in total. The minimum absolute atomic E-state index is 0.00617. The van der Waals surface area contributed by atoms with Crippen LogP contribution in [0.15, 0.2) is 42.5 Å². The van der Waals surface area contributed by atoms with E-state index in [1.807, 2.05) is 0 Å². The van der Waals surface area contributed by atoms with Gasteiger partial charge in [-0.2, -0.15) is 18.1 Å². The number of carbonyl (C=O) groups excluding carboxylic acids is 2. The van der Waals surface area contributed by atoms with Crippen LogP contribution in [0.2, 0.25) is 0 Å². The zero-order valence-electron chi connectivity index (χ0n) is 18.7. The van der Waals surface area contributed by atoms with Gasteiger partial charge in [-0.15, -0.1) is 0 Å². The number of rotatable bonds is 4. The molecule has 0 aromatic heterocycles. The number of hydrogen-bond acceptors (Lipinski definition) is 4. The fraction of sp³-hybridized carbons (Fsp3) is 0.360. The van der Waals surface area contributed by atoms with Crippen molar-refractivity contribution in [1.82, 2.24) is 10.2 Å². The van der Waals surface area contributed by atoms with Gasteiger partial charge in [-0.1, -0.05) is 18.2 Å². The van der Waals surface area contributed by atoms with Gasteiger partial charge in [0.1, 0.15) is 0 Å². The van der Waals surface area contributed by atoms with Crippen LogP contribution in [-0.2, 0) is 27.1 Å². The molecule has 1 fully saturated rings. The second-order valence-electron chi connectivity index (χ2n) is 8.29. The van der Waals surface area contributed by atoms with Gasteiger partial charge in [-0.05, 0) is 48.2 Å². The molecule has 0 saturated carbocycles. The van der Waals surface area contributed by atoms with Crippen LogP contribution in [0.4, 0.5) is 13.2 Å². The van der Waals surface area contributed by atoms with Crippen LogP contribution < -0.4 is 10.2 Å². The first kappa shape index (κ1) is 23.8. The normalized spacial score (nSPS) is 16.8. The van der Waals surface area contributed by atoms with Gasteiger partial charge in [0.05, 0.1) is 12.2 Å². The first-order valence-electron chi connectivity index (χ1n) is 11.1. The van der Waals surface area contributed by atoms with E-state index in [-0.39, 0.29) is 28.9 Å². The third-order valence-corrected chi connectivity index (χ3v) is 6.18. The van der Waals surface area contributed by atoms with Crippen LogP contribution in [0, 0.1) is 5.92 Å². The molecule has 0 radical (unpaired) electrons. The van der Waals surface area contributed by atoms with Gasteiger partial charge in [-0.3, -0.25) is 9.59 Å². The first-order chi connectivity index (χ1) is 16.3. The van der Waals surface area contributed by atoms with Crippen LogP contribution in [-0.4, -0.2) is 43.5 Å². The van der Waals surface area contributed by atoms with Gasteiger partial charge in [0.25, 0.3) is 0 Å². The summed E-state index contributed by atoms with van der Waals surface area (Å²) in [6.45, 7) is 1.16. The molecule has 6 nitrogen and oxygen atoms in total. The minimum Gasteiger partial charge on any atom is -0.359 e. The second kappa shape index (κ2) is 9.89. The molecular weight excluding hydrogens is 449 g/mol. The van der Waals surface area contributed by atoms with E-state index in [1.165, 1.54) is 18.2 Å². The molecule has 2 aliphatic rings. The number of likely N-dealkylation sites (tertiary alicyclic amines) is 1. The highest BCUT2D eigenvalue weighted by Crippen LogP contribution is 2.41. The van der Waals surface area contributed by atoms with Crippen LogP contribution in [0.25, 0.3) is 17.2 Å². The number of hydrogen-bond donors (Lipinski definition) is 1.